The number of carbonyl (C=O) groups excluding carboxylic acids is 3. The molecule has 6 aliphatic heterocycles. The summed E-state index contributed by atoms with van der Waals surface area (Å²) in [7, 11) is 2.33. The van der Waals surface area contributed by atoms with Crippen molar-refractivity contribution in [1.82, 2.24) is 20.6 Å². The van der Waals surface area contributed by atoms with Gasteiger partial charge in [0.25, 0.3) is 0 Å². The van der Waals surface area contributed by atoms with Crippen molar-refractivity contribution in [2.75, 3.05) is 24.9 Å². The SMILES string of the molecule is CO.COC(=O)c1nc2oc1[C@@]13c4ccccc4N[C@@H]1Oc1ccc(cc13)C[C@H](C)C(=O)N[C@H]2C(C)(C)C.C[C@H]1Cc2ccc3c(c2)[C@@]2(c4ccccc4N[C@@H]2O3)c2oc(nc2C(=O)O)[C@H](C(C)(C)C)NC1=O.[Li+].[OH-]. The minimum absolute atomic E-state index is 0. The predicted molar refractivity (Wildman–Crippen MR) is 269 cm³/mol. The summed E-state index contributed by atoms with van der Waals surface area (Å²) >= 11 is 0. The molecular weight excluding hydrogens is 956 g/mol. The molecule has 0 saturated carbocycles. The van der Waals surface area contributed by atoms with Crippen LogP contribution in [0.25, 0.3) is 0 Å². The van der Waals surface area contributed by atoms with Crippen LogP contribution in [0.3, 0.4) is 0 Å². The average molecular weight is 1020 g/mol. The summed E-state index contributed by atoms with van der Waals surface area (Å²) < 4.78 is 31.0. The number of carboxylic acid groups (broad SMARTS) is 1. The topological polar surface area (TPSA) is 267 Å². The molecule has 0 radical (unpaired) electrons. The quantitative estimate of drug-likeness (QED) is 0.0983. The van der Waals surface area contributed by atoms with Crippen molar-refractivity contribution in [2.45, 2.75) is 104 Å². The van der Waals surface area contributed by atoms with Crippen LogP contribution < -0.4 is 49.6 Å². The summed E-state index contributed by atoms with van der Waals surface area (Å²) in [5, 5.41) is 30.4. The van der Waals surface area contributed by atoms with Gasteiger partial charge in [0.15, 0.2) is 35.4 Å². The number of aromatic carboxylic acids is 1. The number of esters is 1. The predicted octanol–water partition coefficient (Wildman–Crippen LogP) is 5.02. The van der Waals surface area contributed by atoms with E-state index < -0.39 is 58.1 Å². The number of carboxylic acids is 1. The van der Waals surface area contributed by atoms with E-state index in [9.17, 15) is 24.3 Å². The Morgan fingerprint density at radius 2 is 1.03 bits per heavy atom. The second kappa shape index (κ2) is 19.6. The van der Waals surface area contributed by atoms with Crippen LogP contribution in [0, 0.1) is 22.7 Å². The number of nitrogens with zero attached hydrogens (tertiary/aromatic N) is 2. The third-order valence-corrected chi connectivity index (χ3v) is 14.9. The molecule has 7 N–H and O–H groups in total. The number of benzene rings is 4. The van der Waals surface area contributed by atoms with Gasteiger partial charge in [-0.05, 0) is 70.2 Å². The normalized spacial score (nSPS) is 24.8. The summed E-state index contributed by atoms with van der Waals surface area (Å²) in [6.07, 6.45) is -0.0640. The second-order valence-corrected chi connectivity index (χ2v) is 21.7. The standard InChI is InChI=1S/C28H29N3O5.C27H27N3O5.CH4O.Li.H2O/c1-14-12-15-10-11-19-17(13-15)28(16-8-6-7-9-18(16)29-26(28)35-19)22-20(25(33)34-5)30-24(36-22)21(27(2,3)4)31-23(14)32;1-13-11-14-9-10-18-16(12-14)27(15-7-5-6-8-17(15)28-25(27)34-18)21-19(24(32)33)29-23(35-21)20(26(2,3)4)30-22(13)31;1-2;;/h6-11,13-14,21,26,29H,12H2,1-5H3,(H,31,32);5-10,12-13,20,25,28H,11H2,1-4H3,(H,30,31)(H,32,33);2H,1H3;;1H2/q;;;+1;/p-1/t14-,21+,26+,28-;13-,20+,25+,27-;;;/m00.../s1. The van der Waals surface area contributed by atoms with E-state index >= 15 is 0 Å². The van der Waals surface area contributed by atoms with Crippen LogP contribution >= 0.6 is 0 Å². The van der Waals surface area contributed by atoms with Crippen molar-refractivity contribution in [3.63, 3.8) is 0 Å². The van der Waals surface area contributed by atoms with Crippen molar-refractivity contribution in [3.8, 4) is 11.5 Å². The van der Waals surface area contributed by atoms with Crippen molar-refractivity contribution < 1.29 is 76.8 Å². The maximum Gasteiger partial charge on any atom is 1.00 e. The molecule has 8 atom stereocenters. The number of para-hydroxylation sites is 2. The molecular formula is C56H61LiN6O12. The maximum absolute atomic E-state index is 13.3. The van der Waals surface area contributed by atoms with E-state index in [0.717, 1.165) is 51.9 Å². The van der Waals surface area contributed by atoms with E-state index in [2.05, 4.69) is 37.3 Å². The fourth-order valence-electron chi connectivity index (χ4n) is 11.3. The van der Waals surface area contributed by atoms with Crippen LogP contribution in [0.2, 0.25) is 0 Å². The van der Waals surface area contributed by atoms with Gasteiger partial charge in [0, 0.05) is 41.4 Å². The average Bonchev–Trinajstić information content (AvgIpc) is 4.20. The Labute approximate surface area is 446 Å². The van der Waals surface area contributed by atoms with E-state index in [1.54, 1.807) is 0 Å². The zero-order valence-corrected chi connectivity index (χ0v) is 43.9. The molecule has 6 aromatic rings. The van der Waals surface area contributed by atoms with E-state index in [4.69, 9.17) is 28.2 Å². The number of carbonyl (C=O) groups is 4. The molecule has 0 aliphatic carbocycles. The summed E-state index contributed by atoms with van der Waals surface area (Å²) in [5.74, 6) is -0.309. The Morgan fingerprint density at radius 1 is 0.627 bits per heavy atom. The van der Waals surface area contributed by atoms with E-state index in [1.165, 1.54) is 7.11 Å². The minimum atomic E-state index is -1.20. The monoisotopic (exact) mass is 1020 g/mol. The molecule has 8 heterocycles. The molecule has 75 heavy (non-hydrogen) atoms. The molecule has 8 bridgehead atoms. The Bertz CT molecular complexity index is 3230. The number of fused-ring (bicyclic) bond motifs is 8. The zero-order valence-electron chi connectivity index (χ0n) is 43.9. The van der Waals surface area contributed by atoms with Gasteiger partial charge in [-0.25, -0.2) is 19.6 Å². The fraction of sp³-hybridized carbons (Fsp3) is 0.393. The number of methoxy groups -OCH3 is 1. The first-order valence-corrected chi connectivity index (χ1v) is 24.5. The van der Waals surface area contributed by atoms with Gasteiger partial charge >= 0.3 is 30.8 Å². The molecule has 18 nitrogen and oxygen atoms in total. The van der Waals surface area contributed by atoms with Gasteiger partial charge in [-0.2, -0.15) is 0 Å². The molecule has 2 amide bonds. The number of nitrogens with one attached hydrogen (secondary N) is 4. The van der Waals surface area contributed by atoms with E-state index in [1.807, 2.05) is 134 Å². The van der Waals surface area contributed by atoms with E-state index in [0.29, 0.717) is 30.1 Å². The van der Waals surface area contributed by atoms with Gasteiger partial charge < -0.3 is 60.0 Å². The Morgan fingerprint density at radius 3 is 1.43 bits per heavy atom. The number of aromatic nitrogens is 2. The first-order chi connectivity index (χ1) is 34.7. The van der Waals surface area contributed by atoms with Crippen molar-refractivity contribution >= 4 is 35.1 Å². The molecule has 6 aliphatic rings. The van der Waals surface area contributed by atoms with E-state index in [-0.39, 0.29) is 76.9 Å². The second-order valence-electron chi connectivity index (χ2n) is 21.7. The van der Waals surface area contributed by atoms with Crippen LogP contribution in [0.5, 0.6) is 11.5 Å². The summed E-state index contributed by atoms with van der Waals surface area (Å²) in [6.45, 7) is 15.7. The van der Waals surface area contributed by atoms with Crippen LogP contribution in [-0.4, -0.2) is 76.1 Å². The van der Waals surface area contributed by atoms with Crippen LogP contribution in [0.1, 0.15) is 145 Å². The molecule has 0 fully saturated rings. The van der Waals surface area contributed by atoms with Gasteiger partial charge in [-0.1, -0.05) is 116 Å². The number of rotatable bonds is 2. The molecule has 0 unspecified atom stereocenters. The number of hydrogen-bond donors (Lipinski definition) is 6. The molecule has 2 aromatic heterocycles. The number of amides is 2. The number of ether oxygens (including phenoxy) is 3. The summed E-state index contributed by atoms with van der Waals surface area (Å²) in [4.78, 5) is 61.3. The number of anilines is 2. The van der Waals surface area contributed by atoms with Crippen LogP contribution in [0.4, 0.5) is 11.4 Å². The number of aliphatic hydroxyl groups excluding tert-OH is 1. The molecule has 388 valence electrons. The zero-order chi connectivity index (χ0) is 52.1. The number of oxazole rings is 2. The van der Waals surface area contributed by atoms with Gasteiger partial charge in [-0.15, -0.1) is 0 Å². The first kappa shape index (κ1) is 54.2. The summed E-state index contributed by atoms with van der Waals surface area (Å²) in [6, 6.07) is 26.4. The Hall–Kier alpha value is -7.10. The summed E-state index contributed by atoms with van der Waals surface area (Å²) in [5.41, 5.74) is 4.15. The number of hydrogen-bond acceptors (Lipinski definition) is 15. The Kier molecular flexibility index (Phi) is 14.1. The van der Waals surface area contributed by atoms with Gasteiger partial charge in [0.1, 0.15) is 34.4 Å². The minimum Gasteiger partial charge on any atom is -0.870 e. The van der Waals surface area contributed by atoms with Crippen LogP contribution in [0.15, 0.2) is 93.8 Å². The maximum atomic E-state index is 13.3. The van der Waals surface area contributed by atoms with Gasteiger partial charge in [0.05, 0.1) is 7.11 Å². The fourth-order valence-corrected chi connectivity index (χ4v) is 11.3. The first-order valence-electron chi connectivity index (χ1n) is 24.5. The third-order valence-electron chi connectivity index (χ3n) is 14.9. The molecule has 12 rings (SSSR count). The van der Waals surface area contributed by atoms with Crippen molar-refractivity contribution in [1.29, 1.82) is 0 Å². The molecule has 2 spiro atoms. The molecule has 0 saturated heterocycles. The Balaban J connectivity index is 0.000000188. The molecule has 4 aromatic carbocycles. The number of aliphatic hydroxyl groups is 1. The molecule has 19 heteroatoms. The third kappa shape index (κ3) is 8.42. The van der Waals surface area contributed by atoms with Gasteiger partial charge in [0.2, 0.25) is 23.6 Å². The smallest absolute Gasteiger partial charge is 0.870 e. The van der Waals surface area contributed by atoms with Gasteiger partial charge in [-0.3, -0.25) is 9.59 Å². The van der Waals surface area contributed by atoms with Crippen molar-refractivity contribution in [3.05, 3.63) is 153 Å². The van der Waals surface area contributed by atoms with Crippen LogP contribution in [-0.2, 0) is 38.0 Å². The van der Waals surface area contributed by atoms with Crippen molar-refractivity contribution in [2.24, 2.45) is 22.7 Å². The largest absolute Gasteiger partial charge is 1.00 e.